The number of nitrogens with zero attached hydrogens (tertiary/aromatic N) is 5. The number of anilines is 2. The molecule has 2 aliphatic rings. The average molecular weight is 463 g/mol. The number of benzene rings is 1. The standard InChI is InChI=1S/C21H14F5N5O2/c22-11-1-3-15(13(23)9-11)31-19(32)16-10-29(7-8-30(16)20(31)33)18-12-2-4-17(21(24,25)26)28-14(12)5-6-27-18/h1-6,9,16H,7-8,10H2. The van der Waals surface area contributed by atoms with E-state index < -0.39 is 41.5 Å². The number of piperazine rings is 1. The molecule has 0 aliphatic carbocycles. The van der Waals surface area contributed by atoms with Crippen LogP contribution in [0.15, 0.2) is 42.6 Å². The third-order valence-electron chi connectivity index (χ3n) is 5.66. The first-order chi connectivity index (χ1) is 15.6. The van der Waals surface area contributed by atoms with Crippen LogP contribution in [0.25, 0.3) is 10.9 Å². The molecular formula is C21H14F5N5O2. The molecule has 2 aromatic heterocycles. The third-order valence-corrected chi connectivity index (χ3v) is 5.66. The predicted molar refractivity (Wildman–Crippen MR) is 106 cm³/mol. The summed E-state index contributed by atoms with van der Waals surface area (Å²) in [5.41, 5.74) is -1.30. The lowest BCUT2D eigenvalue weighted by Crippen LogP contribution is -2.53. The number of halogens is 5. The summed E-state index contributed by atoms with van der Waals surface area (Å²) < 4.78 is 66.5. The molecule has 5 rings (SSSR count). The highest BCUT2D eigenvalue weighted by molar-refractivity contribution is 6.21. The minimum atomic E-state index is -4.60. The lowest BCUT2D eigenvalue weighted by atomic mass is 10.1. The summed E-state index contributed by atoms with van der Waals surface area (Å²) >= 11 is 0. The zero-order valence-corrected chi connectivity index (χ0v) is 16.7. The fraction of sp³-hybridized carbons (Fsp3) is 0.238. The topological polar surface area (TPSA) is 69.6 Å². The highest BCUT2D eigenvalue weighted by Crippen LogP contribution is 2.34. The monoisotopic (exact) mass is 463 g/mol. The SMILES string of the molecule is O=C1C2CN(c3nccc4nc(C(F)(F)F)ccc34)CCN2C(=O)N1c1ccc(F)cc1F. The van der Waals surface area contributed by atoms with Gasteiger partial charge in [0.05, 0.1) is 11.2 Å². The van der Waals surface area contributed by atoms with Crippen molar-refractivity contribution >= 4 is 34.3 Å². The van der Waals surface area contributed by atoms with Gasteiger partial charge in [-0.1, -0.05) is 0 Å². The molecule has 33 heavy (non-hydrogen) atoms. The van der Waals surface area contributed by atoms with Crippen LogP contribution in [0.2, 0.25) is 0 Å². The van der Waals surface area contributed by atoms with Gasteiger partial charge in [-0.25, -0.2) is 28.4 Å². The van der Waals surface area contributed by atoms with Crippen LogP contribution in [0.3, 0.4) is 0 Å². The Morgan fingerprint density at radius 2 is 1.79 bits per heavy atom. The maximum absolute atomic E-state index is 14.2. The van der Waals surface area contributed by atoms with Crippen molar-refractivity contribution in [1.29, 1.82) is 0 Å². The molecule has 2 aliphatic heterocycles. The molecule has 2 fully saturated rings. The maximum atomic E-state index is 14.2. The van der Waals surface area contributed by atoms with Crippen molar-refractivity contribution in [1.82, 2.24) is 14.9 Å². The molecule has 3 amide bonds. The number of alkyl halides is 3. The summed E-state index contributed by atoms with van der Waals surface area (Å²) in [5, 5.41) is 0.358. The first-order valence-corrected chi connectivity index (χ1v) is 9.82. The number of fused-ring (bicyclic) bond motifs is 2. The highest BCUT2D eigenvalue weighted by atomic mass is 19.4. The van der Waals surface area contributed by atoms with E-state index in [4.69, 9.17) is 0 Å². The quantitative estimate of drug-likeness (QED) is 0.429. The number of urea groups is 1. The van der Waals surface area contributed by atoms with E-state index in [1.807, 2.05) is 0 Å². The normalized spacial score (nSPS) is 18.9. The summed E-state index contributed by atoms with van der Waals surface area (Å²) in [4.78, 5) is 37.3. The Bertz CT molecular complexity index is 1300. The van der Waals surface area contributed by atoms with Gasteiger partial charge in [0.15, 0.2) is 0 Å². The molecule has 1 atom stereocenters. The number of amides is 3. The lowest BCUT2D eigenvalue weighted by Gasteiger charge is -2.36. The van der Waals surface area contributed by atoms with Crippen molar-refractivity contribution in [2.24, 2.45) is 0 Å². The van der Waals surface area contributed by atoms with Crippen LogP contribution in [0.1, 0.15) is 5.69 Å². The number of hydrogen-bond acceptors (Lipinski definition) is 5. The summed E-state index contributed by atoms with van der Waals surface area (Å²) in [6.07, 6.45) is -3.28. The number of aromatic nitrogens is 2. The number of rotatable bonds is 2. The van der Waals surface area contributed by atoms with Crippen molar-refractivity contribution in [3.8, 4) is 0 Å². The van der Waals surface area contributed by atoms with Crippen molar-refractivity contribution < 1.29 is 31.5 Å². The molecule has 4 heterocycles. The van der Waals surface area contributed by atoms with Crippen LogP contribution >= 0.6 is 0 Å². The molecule has 0 N–H and O–H groups in total. The molecule has 12 heteroatoms. The fourth-order valence-corrected chi connectivity index (χ4v) is 4.12. The molecule has 170 valence electrons. The molecule has 1 aromatic carbocycles. The van der Waals surface area contributed by atoms with Crippen molar-refractivity contribution in [3.63, 3.8) is 0 Å². The first-order valence-electron chi connectivity index (χ1n) is 9.82. The minimum Gasteiger partial charge on any atom is -0.352 e. The first kappa shape index (κ1) is 21.0. The second-order valence-corrected chi connectivity index (χ2v) is 7.60. The number of pyridine rings is 2. The van der Waals surface area contributed by atoms with Gasteiger partial charge < -0.3 is 9.80 Å². The van der Waals surface area contributed by atoms with Gasteiger partial charge in [-0.15, -0.1) is 0 Å². The van der Waals surface area contributed by atoms with Crippen LogP contribution in [0, 0.1) is 11.6 Å². The molecular weight excluding hydrogens is 449 g/mol. The van der Waals surface area contributed by atoms with Gasteiger partial charge in [0.2, 0.25) is 0 Å². The van der Waals surface area contributed by atoms with Gasteiger partial charge in [0.25, 0.3) is 5.91 Å². The van der Waals surface area contributed by atoms with Gasteiger partial charge in [0.1, 0.15) is 29.2 Å². The number of hydrogen-bond donors (Lipinski definition) is 0. The predicted octanol–water partition coefficient (Wildman–Crippen LogP) is 3.58. The van der Waals surface area contributed by atoms with E-state index in [0.29, 0.717) is 22.2 Å². The molecule has 2 saturated heterocycles. The van der Waals surface area contributed by atoms with E-state index in [0.717, 1.165) is 18.2 Å². The Balaban J connectivity index is 1.46. The van der Waals surface area contributed by atoms with Gasteiger partial charge in [-0.3, -0.25) is 4.79 Å². The van der Waals surface area contributed by atoms with E-state index >= 15 is 0 Å². The van der Waals surface area contributed by atoms with E-state index in [1.165, 1.54) is 23.2 Å². The van der Waals surface area contributed by atoms with Gasteiger partial charge in [0, 0.05) is 37.3 Å². The Morgan fingerprint density at radius 3 is 2.52 bits per heavy atom. The number of carbonyl (C=O) groups is 2. The Morgan fingerprint density at radius 1 is 1.00 bits per heavy atom. The maximum Gasteiger partial charge on any atom is 0.433 e. The van der Waals surface area contributed by atoms with Gasteiger partial charge in [-0.2, -0.15) is 13.2 Å². The summed E-state index contributed by atoms with van der Waals surface area (Å²) in [7, 11) is 0. The van der Waals surface area contributed by atoms with Crippen molar-refractivity contribution in [3.05, 3.63) is 59.9 Å². The average Bonchev–Trinajstić information content (AvgIpc) is 3.02. The van der Waals surface area contributed by atoms with Crippen LogP contribution in [0.5, 0.6) is 0 Å². The van der Waals surface area contributed by atoms with Crippen LogP contribution in [-0.4, -0.2) is 52.5 Å². The Hall–Kier alpha value is -3.83. The largest absolute Gasteiger partial charge is 0.433 e. The number of imide groups is 1. The van der Waals surface area contributed by atoms with E-state index in [1.54, 1.807) is 4.90 Å². The van der Waals surface area contributed by atoms with Crippen LogP contribution in [-0.2, 0) is 11.0 Å². The van der Waals surface area contributed by atoms with Gasteiger partial charge in [-0.05, 0) is 30.3 Å². The molecule has 0 radical (unpaired) electrons. The lowest BCUT2D eigenvalue weighted by molar-refractivity contribution is -0.141. The fourth-order valence-electron chi connectivity index (χ4n) is 4.12. The van der Waals surface area contributed by atoms with E-state index in [-0.39, 0.29) is 30.8 Å². The summed E-state index contributed by atoms with van der Waals surface area (Å²) in [6.45, 7) is 0.333. The zero-order valence-electron chi connectivity index (χ0n) is 16.7. The zero-order chi connectivity index (χ0) is 23.5. The summed E-state index contributed by atoms with van der Waals surface area (Å²) in [6, 6.07) is 4.34. The molecule has 0 bridgehead atoms. The number of carbonyl (C=O) groups excluding carboxylic acids is 2. The van der Waals surface area contributed by atoms with Crippen molar-refractivity contribution in [2.45, 2.75) is 12.2 Å². The van der Waals surface area contributed by atoms with E-state index in [9.17, 15) is 31.5 Å². The molecule has 3 aromatic rings. The second kappa shape index (κ2) is 7.36. The molecule has 1 unspecified atom stereocenters. The van der Waals surface area contributed by atoms with E-state index in [2.05, 4.69) is 9.97 Å². The smallest absolute Gasteiger partial charge is 0.352 e. The minimum absolute atomic E-state index is 0.00295. The Kier molecular flexibility index (Phi) is 4.69. The van der Waals surface area contributed by atoms with Gasteiger partial charge >= 0.3 is 12.2 Å². The van der Waals surface area contributed by atoms with Crippen LogP contribution < -0.4 is 9.80 Å². The third kappa shape index (κ3) is 3.41. The highest BCUT2D eigenvalue weighted by Gasteiger charge is 2.49. The van der Waals surface area contributed by atoms with Crippen LogP contribution in [0.4, 0.5) is 38.3 Å². The van der Waals surface area contributed by atoms with Crippen molar-refractivity contribution in [2.75, 3.05) is 29.4 Å². The Labute approximate surface area is 183 Å². The molecule has 0 spiro atoms. The molecule has 0 saturated carbocycles. The second-order valence-electron chi connectivity index (χ2n) is 7.60. The molecule has 7 nitrogen and oxygen atoms in total. The summed E-state index contributed by atoms with van der Waals surface area (Å²) in [5.74, 6) is -2.26.